The van der Waals surface area contributed by atoms with Crippen LogP contribution in [-0.4, -0.2) is 26.7 Å². The summed E-state index contributed by atoms with van der Waals surface area (Å²) in [7, 11) is 0. The van der Waals surface area contributed by atoms with Gasteiger partial charge in [0.05, 0.1) is 0 Å². The van der Waals surface area contributed by atoms with Gasteiger partial charge in [-0.15, -0.1) is 5.10 Å². The Kier molecular flexibility index (Phi) is 2.19. The maximum atomic E-state index is 10.6. The van der Waals surface area contributed by atoms with Gasteiger partial charge in [-0.2, -0.15) is 0 Å². The molecule has 1 aromatic heterocycles. The minimum Gasteiger partial charge on any atom is -0.465 e. The molecule has 0 aromatic carbocycles. The third kappa shape index (κ3) is 1.66. The number of carboxylic acid groups (broad SMARTS) is 1. The van der Waals surface area contributed by atoms with E-state index in [9.17, 15) is 9.59 Å². The highest BCUT2D eigenvalue weighted by Crippen LogP contribution is 2.16. The molecule has 0 aliphatic heterocycles. The monoisotopic (exact) mass is 188 g/mol. The van der Waals surface area contributed by atoms with Crippen molar-refractivity contribution < 1.29 is 14.7 Å². The molecule has 0 radical (unpaired) electrons. The molecular weight excluding hydrogens is 184 g/mol. The molecule has 0 atom stereocenters. The normalized spacial score (nSPS) is 9.33. The van der Waals surface area contributed by atoms with Gasteiger partial charge in [0.15, 0.2) is 10.7 Å². The van der Waals surface area contributed by atoms with Crippen molar-refractivity contribution in [3.05, 3.63) is 5.69 Å². The lowest BCUT2D eigenvalue weighted by Crippen LogP contribution is -2.16. The van der Waals surface area contributed by atoms with E-state index in [4.69, 9.17) is 10.8 Å². The molecule has 0 saturated heterocycles. The Balaban J connectivity index is 2.91. The topological polar surface area (TPSA) is 118 Å². The van der Waals surface area contributed by atoms with Gasteiger partial charge in [-0.1, -0.05) is 4.49 Å². The van der Waals surface area contributed by atoms with Gasteiger partial charge in [-0.3, -0.25) is 10.1 Å². The molecule has 0 saturated carbocycles. The summed E-state index contributed by atoms with van der Waals surface area (Å²) in [5.74, 6) is -0.813. The van der Waals surface area contributed by atoms with Gasteiger partial charge in [-0.05, 0) is 0 Å². The van der Waals surface area contributed by atoms with Crippen molar-refractivity contribution in [3.63, 3.8) is 0 Å². The Morgan fingerprint density at radius 2 is 2.25 bits per heavy atom. The van der Waals surface area contributed by atoms with E-state index in [2.05, 4.69) is 9.59 Å². The molecule has 0 unspecified atom stereocenters. The van der Waals surface area contributed by atoms with Gasteiger partial charge in [0.25, 0.3) is 5.91 Å². The molecule has 1 rings (SSSR count). The summed E-state index contributed by atoms with van der Waals surface area (Å²) >= 11 is 0.752. The fourth-order valence-corrected chi connectivity index (χ4v) is 1.10. The molecule has 1 aromatic rings. The number of rotatable bonds is 2. The first kappa shape index (κ1) is 8.40. The van der Waals surface area contributed by atoms with E-state index < -0.39 is 12.0 Å². The largest absolute Gasteiger partial charge is 0.465 e. The minimum atomic E-state index is -1.29. The van der Waals surface area contributed by atoms with Crippen LogP contribution in [0, 0.1) is 0 Å². The van der Waals surface area contributed by atoms with Crippen molar-refractivity contribution in [1.29, 1.82) is 0 Å². The second-order valence-electron chi connectivity index (χ2n) is 1.75. The van der Waals surface area contributed by atoms with Crippen LogP contribution in [0.15, 0.2) is 0 Å². The maximum absolute atomic E-state index is 10.6. The molecule has 0 spiro atoms. The third-order valence-electron chi connectivity index (χ3n) is 0.942. The number of aromatic nitrogens is 2. The molecule has 2 amide bonds. The molecule has 8 heteroatoms. The Morgan fingerprint density at radius 3 is 2.75 bits per heavy atom. The average Bonchev–Trinajstić information content (AvgIpc) is 2.33. The van der Waals surface area contributed by atoms with Crippen LogP contribution in [0.5, 0.6) is 0 Å². The van der Waals surface area contributed by atoms with Crippen molar-refractivity contribution in [2.75, 3.05) is 5.32 Å². The minimum absolute atomic E-state index is 0.0370. The molecule has 64 valence electrons. The predicted molar refractivity (Wildman–Crippen MR) is 40.1 cm³/mol. The van der Waals surface area contributed by atoms with Gasteiger partial charge < -0.3 is 10.8 Å². The van der Waals surface area contributed by atoms with E-state index in [0.29, 0.717) is 0 Å². The summed E-state index contributed by atoms with van der Waals surface area (Å²) in [6.07, 6.45) is -1.29. The first-order valence-electron chi connectivity index (χ1n) is 2.73. The highest BCUT2D eigenvalue weighted by atomic mass is 32.1. The Hall–Kier alpha value is -1.70. The van der Waals surface area contributed by atoms with Crippen LogP contribution < -0.4 is 11.1 Å². The van der Waals surface area contributed by atoms with Crippen molar-refractivity contribution in [2.24, 2.45) is 5.73 Å². The van der Waals surface area contributed by atoms with Gasteiger partial charge in [-0.25, -0.2) is 4.79 Å². The predicted octanol–water partition coefficient (Wildman–Crippen LogP) is -0.273. The zero-order valence-corrected chi connectivity index (χ0v) is 6.46. The molecule has 0 aliphatic carbocycles. The number of nitrogens with two attached hydrogens (primary N) is 1. The zero-order valence-electron chi connectivity index (χ0n) is 5.64. The number of carbonyl (C=O) groups excluding carboxylic acids is 1. The van der Waals surface area contributed by atoms with Crippen molar-refractivity contribution in [3.8, 4) is 0 Å². The van der Waals surface area contributed by atoms with E-state index >= 15 is 0 Å². The van der Waals surface area contributed by atoms with Gasteiger partial charge in [0, 0.05) is 11.5 Å². The number of hydrogen-bond acceptors (Lipinski definition) is 5. The number of primary amides is 1. The van der Waals surface area contributed by atoms with Crippen LogP contribution in [0.3, 0.4) is 0 Å². The van der Waals surface area contributed by atoms with Gasteiger partial charge in [0.1, 0.15) is 0 Å². The van der Waals surface area contributed by atoms with Crippen LogP contribution in [0.2, 0.25) is 0 Å². The van der Waals surface area contributed by atoms with Gasteiger partial charge in [0.2, 0.25) is 0 Å². The summed E-state index contributed by atoms with van der Waals surface area (Å²) in [6, 6.07) is 0. The number of amides is 2. The summed E-state index contributed by atoms with van der Waals surface area (Å²) in [4.78, 5) is 20.7. The smallest absolute Gasteiger partial charge is 0.409 e. The van der Waals surface area contributed by atoms with Crippen LogP contribution in [0.1, 0.15) is 10.5 Å². The van der Waals surface area contributed by atoms with E-state index in [1.807, 2.05) is 5.32 Å². The second kappa shape index (κ2) is 3.13. The quantitative estimate of drug-likeness (QED) is 0.590. The second-order valence-corrected chi connectivity index (χ2v) is 2.50. The molecule has 0 bridgehead atoms. The fraction of sp³-hybridized carbons (Fsp3) is 0. The van der Waals surface area contributed by atoms with E-state index in [0.717, 1.165) is 11.5 Å². The molecule has 7 nitrogen and oxygen atoms in total. The Bertz CT molecular complexity index is 322. The summed E-state index contributed by atoms with van der Waals surface area (Å²) < 4.78 is 3.36. The van der Waals surface area contributed by atoms with Gasteiger partial charge >= 0.3 is 6.09 Å². The van der Waals surface area contributed by atoms with E-state index in [-0.39, 0.29) is 10.7 Å². The number of nitrogens with one attached hydrogen (secondary N) is 1. The summed E-state index contributed by atoms with van der Waals surface area (Å²) in [6.45, 7) is 0. The van der Waals surface area contributed by atoms with E-state index in [1.54, 1.807) is 0 Å². The molecule has 0 aliphatic rings. The first-order valence-corrected chi connectivity index (χ1v) is 3.50. The first-order chi connectivity index (χ1) is 5.61. The molecule has 1 heterocycles. The maximum Gasteiger partial charge on any atom is 0.409 e. The Morgan fingerprint density at radius 1 is 1.58 bits per heavy atom. The zero-order chi connectivity index (χ0) is 9.14. The Labute approximate surface area is 70.4 Å². The lowest BCUT2D eigenvalue weighted by molar-refractivity contribution is 0.0996. The summed E-state index contributed by atoms with van der Waals surface area (Å²) in [5.41, 5.74) is 4.70. The average molecular weight is 188 g/mol. The van der Waals surface area contributed by atoms with E-state index in [1.165, 1.54) is 0 Å². The fourth-order valence-electron chi connectivity index (χ4n) is 0.531. The number of hydrogen-bond donors (Lipinski definition) is 3. The standard InChI is InChI=1S/C4H4N4O3S/c5-2(9)1-3(6-4(10)11)12-8-7-1/h6H,(H2,5,9)(H,10,11). The summed E-state index contributed by atoms with van der Waals surface area (Å²) in [5, 5.41) is 13.6. The lowest BCUT2D eigenvalue weighted by atomic mass is 10.4. The van der Waals surface area contributed by atoms with Crippen LogP contribution >= 0.6 is 11.5 Å². The number of nitrogens with zero attached hydrogens (tertiary/aromatic N) is 2. The molecule has 12 heavy (non-hydrogen) atoms. The van der Waals surface area contributed by atoms with Crippen molar-refractivity contribution in [2.45, 2.75) is 0 Å². The highest BCUT2D eigenvalue weighted by molar-refractivity contribution is 7.10. The lowest BCUT2D eigenvalue weighted by Gasteiger charge is -1.94. The molecule has 0 fully saturated rings. The number of carbonyl (C=O) groups is 2. The highest BCUT2D eigenvalue weighted by Gasteiger charge is 2.14. The number of anilines is 1. The van der Waals surface area contributed by atoms with Crippen molar-refractivity contribution >= 4 is 28.5 Å². The SMILES string of the molecule is NC(=O)c1nnsc1NC(=O)O. The third-order valence-corrected chi connectivity index (χ3v) is 1.58. The van der Waals surface area contributed by atoms with Crippen LogP contribution in [0.4, 0.5) is 9.80 Å². The molecule has 4 N–H and O–H groups in total. The van der Waals surface area contributed by atoms with Crippen molar-refractivity contribution in [1.82, 2.24) is 9.59 Å². The van der Waals surface area contributed by atoms with Crippen LogP contribution in [-0.2, 0) is 0 Å². The van der Waals surface area contributed by atoms with Crippen LogP contribution in [0.25, 0.3) is 0 Å². The molecular formula is C4H4N4O3S.